The van der Waals surface area contributed by atoms with Gasteiger partial charge in [-0.15, -0.1) is 0 Å². The van der Waals surface area contributed by atoms with Crippen LogP contribution in [0.4, 0.5) is 5.69 Å². The average Bonchev–Trinajstić information content (AvgIpc) is 3.47. The number of anilines is 1. The zero-order chi connectivity index (χ0) is 26.1. The van der Waals surface area contributed by atoms with E-state index in [4.69, 9.17) is 4.74 Å². The van der Waals surface area contributed by atoms with Crippen molar-refractivity contribution < 1.29 is 9.53 Å². The number of hydrogen-bond donors (Lipinski definition) is 1. The third-order valence-corrected chi connectivity index (χ3v) is 7.43. The molecule has 0 spiro atoms. The van der Waals surface area contributed by atoms with Crippen LogP contribution in [-0.4, -0.2) is 60.1 Å². The summed E-state index contributed by atoms with van der Waals surface area (Å²) >= 11 is 0. The van der Waals surface area contributed by atoms with Gasteiger partial charge >= 0.3 is 0 Å². The van der Waals surface area contributed by atoms with E-state index in [0.717, 1.165) is 49.7 Å². The fraction of sp³-hybridized carbons (Fsp3) is 0.300. The molecular formula is C30H31N5O3. The van der Waals surface area contributed by atoms with Gasteiger partial charge < -0.3 is 24.4 Å². The Labute approximate surface area is 221 Å². The zero-order valence-corrected chi connectivity index (χ0v) is 21.5. The van der Waals surface area contributed by atoms with Crippen LogP contribution in [0.2, 0.25) is 0 Å². The van der Waals surface area contributed by atoms with Gasteiger partial charge in [-0.2, -0.15) is 0 Å². The van der Waals surface area contributed by atoms with Crippen LogP contribution in [0, 0.1) is 0 Å². The molecule has 0 atom stereocenters. The molecule has 8 nitrogen and oxygen atoms in total. The highest BCUT2D eigenvalue weighted by Crippen LogP contribution is 2.44. The van der Waals surface area contributed by atoms with E-state index in [1.807, 2.05) is 66.2 Å². The number of likely N-dealkylation sites (N-methyl/N-ethyl adjacent to an activating group) is 1. The Hall–Kier alpha value is -4.17. The Morgan fingerprint density at radius 2 is 1.89 bits per heavy atom. The Kier molecular flexibility index (Phi) is 6.55. The van der Waals surface area contributed by atoms with Crippen molar-refractivity contribution in [3.8, 4) is 17.2 Å². The summed E-state index contributed by atoms with van der Waals surface area (Å²) in [6.07, 6.45) is 6.64. The minimum atomic E-state index is -0.345. The zero-order valence-electron chi connectivity index (χ0n) is 21.5. The summed E-state index contributed by atoms with van der Waals surface area (Å²) in [6.45, 7) is 4.17. The van der Waals surface area contributed by atoms with Gasteiger partial charge in [0.1, 0.15) is 11.1 Å². The number of carbonyl (C=O) groups is 1. The van der Waals surface area contributed by atoms with E-state index in [0.29, 0.717) is 28.9 Å². The number of fused-ring (bicyclic) bond motifs is 2. The molecule has 0 radical (unpaired) electrons. The molecule has 6 rings (SSSR count). The minimum absolute atomic E-state index is 0.137. The molecule has 38 heavy (non-hydrogen) atoms. The van der Waals surface area contributed by atoms with Crippen LogP contribution < -0.4 is 20.4 Å². The van der Waals surface area contributed by atoms with E-state index in [2.05, 4.69) is 20.1 Å². The quantitative estimate of drug-likeness (QED) is 0.341. The SMILES string of the molecule is CN(CCc1ccccn1)c1ccc2c(=O)c(C(=O)NCCN3CCCC3)cn3c2c1Oc1ccccc1-3. The molecular weight excluding hydrogens is 478 g/mol. The predicted molar refractivity (Wildman–Crippen MR) is 149 cm³/mol. The van der Waals surface area contributed by atoms with Gasteiger partial charge in [0.25, 0.3) is 5.91 Å². The van der Waals surface area contributed by atoms with Crippen molar-refractivity contribution in [3.63, 3.8) is 0 Å². The summed E-state index contributed by atoms with van der Waals surface area (Å²) in [7, 11) is 2.01. The predicted octanol–water partition coefficient (Wildman–Crippen LogP) is 4.00. The highest BCUT2D eigenvalue weighted by atomic mass is 16.5. The second-order valence-corrected chi connectivity index (χ2v) is 9.92. The van der Waals surface area contributed by atoms with Crippen molar-refractivity contribution >= 4 is 22.5 Å². The molecule has 0 unspecified atom stereocenters. The Morgan fingerprint density at radius 1 is 1.08 bits per heavy atom. The van der Waals surface area contributed by atoms with Crippen molar-refractivity contribution in [2.75, 3.05) is 44.7 Å². The van der Waals surface area contributed by atoms with Crippen LogP contribution >= 0.6 is 0 Å². The lowest BCUT2D eigenvalue weighted by Crippen LogP contribution is -2.36. The van der Waals surface area contributed by atoms with Gasteiger partial charge in [0.15, 0.2) is 11.5 Å². The Bertz CT molecular complexity index is 1540. The third kappa shape index (κ3) is 4.52. The lowest BCUT2D eigenvalue weighted by Gasteiger charge is -2.29. The maximum Gasteiger partial charge on any atom is 0.256 e. The van der Waals surface area contributed by atoms with E-state index in [9.17, 15) is 9.59 Å². The molecule has 1 saturated heterocycles. The van der Waals surface area contributed by atoms with E-state index < -0.39 is 0 Å². The first-order valence-electron chi connectivity index (χ1n) is 13.2. The molecule has 2 aromatic carbocycles. The van der Waals surface area contributed by atoms with Crippen molar-refractivity contribution in [2.24, 2.45) is 0 Å². The lowest BCUT2D eigenvalue weighted by molar-refractivity contribution is 0.0948. The van der Waals surface area contributed by atoms with Gasteiger partial charge in [-0.3, -0.25) is 14.6 Å². The molecule has 0 aliphatic carbocycles. The molecule has 4 heterocycles. The first-order chi connectivity index (χ1) is 18.6. The fourth-order valence-corrected chi connectivity index (χ4v) is 5.36. The number of likely N-dealkylation sites (tertiary alicyclic amines) is 1. The molecule has 0 bridgehead atoms. The Morgan fingerprint density at radius 3 is 2.71 bits per heavy atom. The molecule has 0 saturated carbocycles. The fourth-order valence-electron chi connectivity index (χ4n) is 5.36. The number of amides is 1. The summed E-state index contributed by atoms with van der Waals surface area (Å²) in [5, 5.41) is 3.42. The smallest absolute Gasteiger partial charge is 0.256 e. The first kappa shape index (κ1) is 24.2. The summed E-state index contributed by atoms with van der Waals surface area (Å²) in [5.74, 6) is 0.945. The summed E-state index contributed by atoms with van der Waals surface area (Å²) in [5.41, 5.74) is 3.20. The van der Waals surface area contributed by atoms with Crippen molar-refractivity contribution in [3.05, 3.63) is 88.5 Å². The summed E-state index contributed by atoms with van der Waals surface area (Å²) in [4.78, 5) is 35.6. The number of aromatic nitrogens is 2. The lowest BCUT2D eigenvalue weighted by atomic mass is 10.1. The minimum Gasteiger partial charge on any atom is -0.451 e. The molecule has 194 valence electrons. The number of nitrogens with one attached hydrogen (secondary N) is 1. The molecule has 2 aliphatic heterocycles. The van der Waals surface area contributed by atoms with Gasteiger partial charge in [0.05, 0.1) is 16.8 Å². The molecule has 1 amide bonds. The number of ether oxygens (including phenoxy) is 1. The second kappa shape index (κ2) is 10.3. The second-order valence-electron chi connectivity index (χ2n) is 9.92. The van der Waals surface area contributed by atoms with Crippen LogP contribution in [0.3, 0.4) is 0 Å². The van der Waals surface area contributed by atoms with E-state index in [-0.39, 0.29) is 16.9 Å². The highest BCUT2D eigenvalue weighted by molar-refractivity contribution is 6.01. The third-order valence-electron chi connectivity index (χ3n) is 7.43. The van der Waals surface area contributed by atoms with E-state index in [1.54, 1.807) is 12.4 Å². The average molecular weight is 510 g/mol. The summed E-state index contributed by atoms with van der Waals surface area (Å²) < 4.78 is 8.33. The largest absolute Gasteiger partial charge is 0.451 e. The topological polar surface area (TPSA) is 79.7 Å². The Balaban J connectivity index is 1.36. The van der Waals surface area contributed by atoms with Crippen LogP contribution in [-0.2, 0) is 6.42 Å². The maximum atomic E-state index is 13.6. The maximum absolute atomic E-state index is 13.6. The molecule has 1 fully saturated rings. The van der Waals surface area contributed by atoms with Gasteiger partial charge in [0.2, 0.25) is 5.43 Å². The molecule has 2 aromatic heterocycles. The molecule has 2 aliphatic rings. The normalized spacial score (nSPS) is 14.2. The molecule has 8 heteroatoms. The number of carbonyl (C=O) groups excluding carboxylic acids is 1. The van der Waals surface area contributed by atoms with Crippen LogP contribution in [0.5, 0.6) is 11.5 Å². The molecule has 1 N–H and O–H groups in total. The standard InChI is InChI=1S/C30H31N5O3/c1-33(18-13-21-8-4-5-14-31-21)25-12-11-22-27-29(25)38-26-10-3-2-9-24(26)35(27)20-23(28(22)36)30(37)32-15-19-34-16-6-7-17-34/h2-5,8-12,14,20H,6-7,13,15-19H2,1H3,(H,32,37). The summed E-state index contributed by atoms with van der Waals surface area (Å²) in [6, 6.07) is 17.3. The van der Waals surface area contributed by atoms with E-state index in [1.165, 1.54) is 12.8 Å². The first-order valence-corrected chi connectivity index (χ1v) is 13.2. The van der Waals surface area contributed by atoms with Crippen LogP contribution in [0.25, 0.3) is 16.6 Å². The van der Waals surface area contributed by atoms with Crippen molar-refractivity contribution in [1.29, 1.82) is 0 Å². The van der Waals surface area contributed by atoms with Crippen molar-refractivity contribution in [1.82, 2.24) is 19.8 Å². The number of hydrogen-bond acceptors (Lipinski definition) is 6. The van der Waals surface area contributed by atoms with Crippen LogP contribution in [0.15, 0.2) is 71.8 Å². The highest BCUT2D eigenvalue weighted by Gasteiger charge is 2.27. The number of rotatable bonds is 8. The number of para-hydroxylation sites is 2. The van der Waals surface area contributed by atoms with Gasteiger partial charge in [-0.1, -0.05) is 18.2 Å². The number of benzene rings is 2. The number of pyridine rings is 2. The van der Waals surface area contributed by atoms with Gasteiger partial charge in [-0.05, 0) is 62.3 Å². The number of nitrogens with zero attached hydrogens (tertiary/aromatic N) is 4. The van der Waals surface area contributed by atoms with E-state index >= 15 is 0 Å². The van der Waals surface area contributed by atoms with Gasteiger partial charge in [-0.25, -0.2) is 0 Å². The van der Waals surface area contributed by atoms with Crippen molar-refractivity contribution in [2.45, 2.75) is 19.3 Å². The van der Waals surface area contributed by atoms with Crippen LogP contribution in [0.1, 0.15) is 28.9 Å². The monoisotopic (exact) mass is 509 g/mol. The van der Waals surface area contributed by atoms with Gasteiger partial charge in [0, 0.05) is 51.2 Å². The molecule has 4 aromatic rings.